The number of carboxylic acids is 1. The van der Waals surface area contributed by atoms with Gasteiger partial charge in [0.05, 0.1) is 17.0 Å². The Kier molecular flexibility index (Phi) is 5.83. The number of alkyl halides is 3. The van der Waals surface area contributed by atoms with Crippen molar-refractivity contribution in [3.05, 3.63) is 23.8 Å². The molecular formula is C15H20F3N3O4S. The second-order valence-electron chi connectivity index (χ2n) is 6.18. The Hall–Kier alpha value is -1.85. The lowest BCUT2D eigenvalue weighted by Crippen LogP contribution is -2.51. The maximum Gasteiger partial charge on any atom is 0.417 e. The summed E-state index contributed by atoms with van der Waals surface area (Å²) in [5.74, 6) is -0.934. The van der Waals surface area contributed by atoms with Gasteiger partial charge < -0.3 is 10.4 Å². The van der Waals surface area contributed by atoms with Gasteiger partial charge in [0, 0.05) is 17.8 Å². The summed E-state index contributed by atoms with van der Waals surface area (Å²) in [6.07, 6.45) is -3.69. The Balaban J connectivity index is 2.09. The van der Waals surface area contributed by atoms with Crippen LogP contribution in [-0.2, 0) is 21.0 Å². The molecule has 1 aliphatic rings. The quantitative estimate of drug-likeness (QED) is 0.648. The molecule has 0 spiro atoms. The molecule has 146 valence electrons. The number of likely N-dealkylation sites (N-methyl/N-ethyl adjacent to an activating group) is 1. The fraction of sp³-hybridized carbons (Fsp3) is 0.533. The van der Waals surface area contributed by atoms with Gasteiger partial charge in [0.25, 0.3) is 0 Å². The first-order valence-electron chi connectivity index (χ1n) is 7.88. The molecule has 0 heterocycles. The van der Waals surface area contributed by atoms with Gasteiger partial charge in [0.15, 0.2) is 0 Å². The van der Waals surface area contributed by atoms with E-state index >= 15 is 0 Å². The van der Waals surface area contributed by atoms with E-state index in [2.05, 4.69) is 5.32 Å². The first-order chi connectivity index (χ1) is 11.9. The Morgan fingerprint density at radius 3 is 2.46 bits per heavy atom. The van der Waals surface area contributed by atoms with Crippen molar-refractivity contribution in [3.63, 3.8) is 0 Å². The molecule has 1 aliphatic carbocycles. The van der Waals surface area contributed by atoms with E-state index in [4.69, 9.17) is 10.2 Å². The third-order valence-corrected chi connectivity index (χ3v) is 5.31. The van der Waals surface area contributed by atoms with Crippen molar-refractivity contribution in [2.24, 2.45) is 5.14 Å². The van der Waals surface area contributed by atoms with Crippen molar-refractivity contribution in [1.29, 1.82) is 0 Å². The number of aliphatic carboxylic acids is 1. The number of carboxylic acid groups (broad SMARTS) is 1. The van der Waals surface area contributed by atoms with Gasteiger partial charge in [0.2, 0.25) is 10.0 Å². The maximum absolute atomic E-state index is 13.1. The molecule has 0 saturated heterocycles. The van der Waals surface area contributed by atoms with Gasteiger partial charge in [-0.1, -0.05) is 6.92 Å². The summed E-state index contributed by atoms with van der Waals surface area (Å²) >= 11 is 0. The van der Waals surface area contributed by atoms with Crippen LogP contribution in [0.15, 0.2) is 23.1 Å². The Labute approximate surface area is 149 Å². The molecule has 4 N–H and O–H groups in total. The van der Waals surface area contributed by atoms with Crippen LogP contribution in [0.4, 0.5) is 18.9 Å². The number of hydrogen-bond donors (Lipinski definition) is 3. The van der Waals surface area contributed by atoms with E-state index in [9.17, 15) is 26.4 Å². The molecule has 0 atom stereocenters. The Bertz CT molecular complexity index is 777. The zero-order chi connectivity index (χ0) is 19.7. The van der Waals surface area contributed by atoms with Gasteiger partial charge in [-0.25, -0.2) is 13.6 Å². The number of benzene rings is 1. The zero-order valence-electron chi connectivity index (χ0n) is 14.0. The third kappa shape index (κ3) is 4.86. The summed E-state index contributed by atoms with van der Waals surface area (Å²) in [6, 6.07) is 2.71. The molecule has 11 heteroatoms. The smallest absolute Gasteiger partial charge is 0.417 e. The minimum atomic E-state index is -4.86. The molecule has 1 saturated carbocycles. The van der Waals surface area contributed by atoms with Crippen LogP contribution in [0.3, 0.4) is 0 Å². The van der Waals surface area contributed by atoms with Crippen molar-refractivity contribution in [1.82, 2.24) is 4.90 Å². The minimum absolute atomic E-state index is 0.0411. The molecule has 0 aromatic heterocycles. The van der Waals surface area contributed by atoms with E-state index in [1.54, 1.807) is 4.90 Å². The first kappa shape index (κ1) is 20.5. The SMILES string of the molecule is CCN(CC(=O)O)C1CC(Nc2ccc(S(N)(=O)=O)c(C(F)(F)F)c2)C1. The van der Waals surface area contributed by atoms with E-state index in [1.807, 2.05) is 6.92 Å². The number of carbonyl (C=O) groups is 1. The normalized spacial score (nSPS) is 20.7. The number of hydrogen-bond acceptors (Lipinski definition) is 5. The van der Waals surface area contributed by atoms with Crippen LogP contribution in [0.5, 0.6) is 0 Å². The number of halogens is 3. The molecule has 2 rings (SSSR count). The summed E-state index contributed by atoms with van der Waals surface area (Å²) in [5.41, 5.74) is -1.18. The standard InChI is InChI=1S/C15H20F3N3O4S/c1-2-21(8-14(22)23)11-5-10(6-11)20-9-3-4-13(26(19,24)25)12(7-9)15(16,17)18/h3-4,7,10-11,20H,2,5-6,8H2,1H3,(H,22,23)(H2,19,24,25). The summed E-state index contributed by atoms with van der Waals surface area (Å²) in [4.78, 5) is 11.6. The van der Waals surface area contributed by atoms with Crippen LogP contribution in [0, 0.1) is 0 Å². The van der Waals surface area contributed by atoms with Crippen molar-refractivity contribution < 1.29 is 31.5 Å². The molecule has 1 fully saturated rings. The van der Waals surface area contributed by atoms with Gasteiger partial charge in [-0.2, -0.15) is 13.2 Å². The van der Waals surface area contributed by atoms with Crippen molar-refractivity contribution in [2.45, 2.75) is 42.9 Å². The summed E-state index contributed by atoms with van der Waals surface area (Å²) in [7, 11) is -4.50. The molecule has 0 amide bonds. The number of rotatable bonds is 7. The summed E-state index contributed by atoms with van der Waals surface area (Å²) in [6.45, 7) is 2.31. The number of sulfonamides is 1. The van der Waals surface area contributed by atoms with E-state index in [0.29, 0.717) is 19.4 Å². The van der Waals surface area contributed by atoms with Gasteiger partial charge in [0.1, 0.15) is 0 Å². The number of nitrogens with one attached hydrogen (secondary N) is 1. The largest absolute Gasteiger partial charge is 0.480 e. The second kappa shape index (κ2) is 7.41. The van der Waals surface area contributed by atoms with E-state index in [0.717, 1.165) is 12.1 Å². The van der Waals surface area contributed by atoms with Crippen molar-refractivity contribution >= 4 is 21.7 Å². The molecule has 1 aromatic rings. The molecule has 0 unspecified atom stereocenters. The van der Waals surface area contributed by atoms with Gasteiger partial charge in [-0.15, -0.1) is 0 Å². The topological polar surface area (TPSA) is 113 Å². The average Bonchev–Trinajstić information content (AvgIpc) is 2.46. The number of nitrogens with two attached hydrogens (primary N) is 1. The van der Waals surface area contributed by atoms with Crippen LogP contribution in [0.2, 0.25) is 0 Å². The van der Waals surface area contributed by atoms with E-state index in [1.165, 1.54) is 6.07 Å². The predicted octanol–water partition coefficient (Wildman–Crippen LogP) is 1.70. The number of nitrogens with zero attached hydrogens (tertiary/aromatic N) is 1. The van der Waals surface area contributed by atoms with Crippen LogP contribution in [0.25, 0.3) is 0 Å². The highest BCUT2D eigenvalue weighted by Gasteiger charge is 2.38. The minimum Gasteiger partial charge on any atom is -0.480 e. The Morgan fingerprint density at radius 2 is 2.00 bits per heavy atom. The zero-order valence-corrected chi connectivity index (χ0v) is 14.8. The average molecular weight is 395 g/mol. The van der Waals surface area contributed by atoms with Crippen LogP contribution in [0.1, 0.15) is 25.3 Å². The highest BCUT2D eigenvalue weighted by Crippen LogP contribution is 2.36. The first-order valence-corrected chi connectivity index (χ1v) is 9.43. The molecule has 0 aliphatic heterocycles. The molecule has 0 radical (unpaired) electrons. The highest BCUT2D eigenvalue weighted by molar-refractivity contribution is 7.89. The summed E-state index contributed by atoms with van der Waals surface area (Å²) in [5, 5.41) is 16.6. The van der Waals surface area contributed by atoms with Gasteiger partial charge in [-0.3, -0.25) is 9.69 Å². The van der Waals surface area contributed by atoms with E-state index < -0.39 is 32.6 Å². The fourth-order valence-electron chi connectivity index (χ4n) is 3.00. The monoisotopic (exact) mass is 395 g/mol. The lowest BCUT2D eigenvalue weighted by atomic mass is 9.85. The van der Waals surface area contributed by atoms with Crippen molar-refractivity contribution in [3.8, 4) is 0 Å². The van der Waals surface area contributed by atoms with Crippen molar-refractivity contribution in [2.75, 3.05) is 18.4 Å². The van der Waals surface area contributed by atoms with Crippen LogP contribution in [-0.4, -0.2) is 49.6 Å². The van der Waals surface area contributed by atoms with Crippen LogP contribution >= 0.6 is 0 Å². The summed E-state index contributed by atoms with van der Waals surface area (Å²) < 4.78 is 62.0. The van der Waals surface area contributed by atoms with Crippen LogP contribution < -0.4 is 10.5 Å². The lowest BCUT2D eigenvalue weighted by Gasteiger charge is -2.42. The molecule has 26 heavy (non-hydrogen) atoms. The Morgan fingerprint density at radius 1 is 1.38 bits per heavy atom. The maximum atomic E-state index is 13.1. The highest BCUT2D eigenvalue weighted by atomic mass is 32.2. The fourth-order valence-corrected chi connectivity index (χ4v) is 3.74. The number of primary sulfonamides is 1. The van der Waals surface area contributed by atoms with Gasteiger partial charge in [-0.05, 0) is 37.6 Å². The molecular weight excluding hydrogens is 375 g/mol. The van der Waals surface area contributed by atoms with Gasteiger partial charge >= 0.3 is 12.1 Å². The second-order valence-corrected chi connectivity index (χ2v) is 7.71. The predicted molar refractivity (Wildman–Crippen MR) is 88.1 cm³/mol. The molecule has 0 bridgehead atoms. The molecule has 1 aromatic carbocycles. The number of anilines is 1. The lowest BCUT2D eigenvalue weighted by molar-refractivity contribution is -0.140. The van der Waals surface area contributed by atoms with E-state index in [-0.39, 0.29) is 24.3 Å². The molecule has 7 nitrogen and oxygen atoms in total. The third-order valence-electron chi connectivity index (χ3n) is 4.34.